The van der Waals surface area contributed by atoms with E-state index in [0.29, 0.717) is 6.04 Å². The molecular weight excluding hydrogens is 224 g/mol. The molecule has 1 saturated carbocycles. The van der Waals surface area contributed by atoms with Gasteiger partial charge in [0.1, 0.15) is 0 Å². The summed E-state index contributed by atoms with van der Waals surface area (Å²) in [5.41, 5.74) is 1.16. The number of aryl methyl sites for hydroxylation is 1. The molecule has 1 heterocycles. The van der Waals surface area contributed by atoms with Crippen molar-refractivity contribution in [3.63, 3.8) is 0 Å². The Balaban J connectivity index is 1.82. The molecule has 1 aromatic heterocycles. The molecule has 0 amide bonds. The van der Waals surface area contributed by atoms with Gasteiger partial charge >= 0.3 is 0 Å². The maximum Gasteiger partial charge on any atom is 0.250 e. The number of nitrogens with one attached hydrogen (secondary N) is 1. The summed E-state index contributed by atoms with van der Waals surface area (Å²) < 4.78 is 1.85. The fourth-order valence-corrected chi connectivity index (χ4v) is 2.77. The number of rotatable bonds is 4. The van der Waals surface area contributed by atoms with E-state index in [1.54, 1.807) is 6.07 Å². The minimum Gasteiger partial charge on any atom is -0.312 e. The van der Waals surface area contributed by atoms with Crippen LogP contribution in [0.5, 0.6) is 0 Å². The zero-order valence-electron chi connectivity index (χ0n) is 11.3. The van der Waals surface area contributed by atoms with E-state index in [0.717, 1.165) is 18.8 Å². The molecule has 0 aliphatic heterocycles. The first kappa shape index (κ1) is 13.3. The lowest BCUT2D eigenvalue weighted by molar-refractivity contribution is 0.441. The van der Waals surface area contributed by atoms with Gasteiger partial charge < -0.3 is 9.88 Å². The van der Waals surface area contributed by atoms with Gasteiger partial charge in [-0.05, 0) is 25.8 Å². The lowest BCUT2D eigenvalue weighted by Crippen LogP contribution is -2.34. The van der Waals surface area contributed by atoms with E-state index in [9.17, 15) is 4.79 Å². The summed E-state index contributed by atoms with van der Waals surface area (Å²) in [4.78, 5) is 11.7. The summed E-state index contributed by atoms with van der Waals surface area (Å²) in [7, 11) is 0. The highest BCUT2D eigenvalue weighted by atomic mass is 16.1. The van der Waals surface area contributed by atoms with Crippen molar-refractivity contribution in [1.29, 1.82) is 0 Å². The molecule has 2 rings (SSSR count). The van der Waals surface area contributed by atoms with E-state index in [1.807, 2.05) is 23.6 Å². The normalized spacial score (nSPS) is 17.6. The summed E-state index contributed by atoms with van der Waals surface area (Å²) in [6.07, 6.45) is 8.06. The number of hydrogen-bond donors (Lipinski definition) is 1. The molecule has 18 heavy (non-hydrogen) atoms. The number of pyridine rings is 1. The Morgan fingerprint density at radius 2 is 1.94 bits per heavy atom. The van der Waals surface area contributed by atoms with Crippen LogP contribution in [0, 0.1) is 6.92 Å². The molecule has 0 aromatic carbocycles. The molecule has 0 unspecified atom stereocenters. The fourth-order valence-electron chi connectivity index (χ4n) is 2.77. The van der Waals surface area contributed by atoms with E-state index in [1.165, 1.54) is 38.5 Å². The smallest absolute Gasteiger partial charge is 0.250 e. The van der Waals surface area contributed by atoms with Gasteiger partial charge in [0.2, 0.25) is 0 Å². The molecule has 0 radical (unpaired) electrons. The van der Waals surface area contributed by atoms with E-state index in [4.69, 9.17) is 0 Å². The molecule has 1 aromatic rings. The van der Waals surface area contributed by atoms with Gasteiger partial charge in [-0.3, -0.25) is 4.79 Å². The molecule has 1 fully saturated rings. The molecule has 0 saturated heterocycles. The third kappa shape index (κ3) is 3.70. The predicted molar refractivity (Wildman–Crippen MR) is 74.9 cm³/mol. The van der Waals surface area contributed by atoms with Gasteiger partial charge in [-0.25, -0.2) is 0 Å². The van der Waals surface area contributed by atoms with Crippen LogP contribution in [0.2, 0.25) is 0 Å². The highest BCUT2D eigenvalue weighted by Crippen LogP contribution is 2.16. The topological polar surface area (TPSA) is 34.0 Å². The standard InChI is InChI=1S/C15H24N2O/c1-13-7-6-10-15(18)17(13)12-11-16-14-8-4-2-3-5-9-14/h6-7,10,14,16H,2-5,8-9,11-12H2,1H3. The summed E-state index contributed by atoms with van der Waals surface area (Å²) in [6, 6.07) is 6.12. The second-order valence-electron chi connectivity index (χ2n) is 5.30. The molecule has 0 spiro atoms. The average Bonchev–Trinajstić information content (AvgIpc) is 2.61. The van der Waals surface area contributed by atoms with E-state index in [2.05, 4.69) is 5.32 Å². The first-order valence-corrected chi connectivity index (χ1v) is 7.17. The zero-order valence-corrected chi connectivity index (χ0v) is 11.3. The molecule has 1 aliphatic carbocycles. The van der Waals surface area contributed by atoms with Crippen LogP contribution in [0.4, 0.5) is 0 Å². The Morgan fingerprint density at radius 3 is 2.61 bits per heavy atom. The first-order valence-electron chi connectivity index (χ1n) is 7.17. The Kier molecular flexibility index (Phi) is 5.00. The van der Waals surface area contributed by atoms with Gasteiger partial charge in [0.05, 0.1) is 0 Å². The van der Waals surface area contributed by atoms with Crippen LogP contribution in [0.3, 0.4) is 0 Å². The molecule has 0 atom stereocenters. The number of nitrogens with zero attached hydrogens (tertiary/aromatic N) is 1. The Bertz CT molecular complexity index is 417. The second kappa shape index (κ2) is 6.74. The Morgan fingerprint density at radius 1 is 1.22 bits per heavy atom. The molecular formula is C15H24N2O. The van der Waals surface area contributed by atoms with Crippen molar-refractivity contribution in [3.05, 3.63) is 34.2 Å². The van der Waals surface area contributed by atoms with E-state index in [-0.39, 0.29) is 5.56 Å². The van der Waals surface area contributed by atoms with Crippen LogP contribution in [0.25, 0.3) is 0 Å². The second-order valence-corrected chi connectivity index (χ2v) is 5.30. The van der Waals surface area contributed by atoms with Crippen LogP contribution in [-0.4, -0.2) is 17.2 Å². The van der Waals surface area contributed by atoms with Crippen molar-refractivity contribution < 1.29 is 0 Å². The van der Waals surface area contributed by atoms with Gasteiger partial charge in [-0.2, -0.15) is 0 Å². The summed E-state index contributed by atoms with van der Waals surface area (Å²) >= 11 is 0. The highest BCUT2D eigenvalue weighted by molar-refractivity contribution is 5.04. The molecule has 1 N–H and O–H groups in total. The maximum absolute atomic E-state index is 11.7. The molecule has 3 heteroatoms. The zero-order chi connectivity index (χ0) is 12.8. The van der Waals surface area contributed by atoms with Crippen LogP contribution >= 0.6 is 0 Å². The van der Waals surface area contributed by atoms with Crippen molar-refractivity contribution in [2.24, 2.45) is 0 Å². The molecule has 1 aliphatic rings. The number of hydrogen-bond acceptors (Lipinski definition) is 2. The average molecular weight is 248 g/mol. The van der Waals surface area contributed by atoms with Gasteiger partial charge in [-0.1, -0.05) is 31.7 Å². The molecule has 0 bridgehead atoms. The number of aromatic nitrogens is 1. The minimum absolute atomic E-state index is 0.109. The van der Waals surface area contributed by atoms with Gasteiger partial charge in [0.25, 0.3) is 5.56 Å². The van der Waals surface area contributed by atoms with Crippen molar-refractivity contribution in [3.8, 4) is 0 Å². The highest BCUT2D eigenvalue weighted by Gasteiger charge is 2.11. The monoisotopic (exact) mass is 248 g/mol. The maximum atomic E-state index is 11.7. The summed E-state index contributed by atoms with van der Waals surface area (Å²) in [5, 5.41) is 3.60. The Labute approximate surface area is 109 Å². The minimum atomic E-state index is 0.109. The lowest BCUT2D eigenvalue weighted by atomic mass is 10.1. The predicted octanol–water partition coefficient (Wildman–Crippen LogP) is 2.47. The fraction of sp³-hybridized carbons (Fsp3) is 0.667. The van der Waals surface area contributed by atoms with Crippen LogP contribution < -0.4 is 10.9 Å². The Hall–Kier alpha value is -1.09. The molecule has 100 valence electrons. The lowest BCUT2D eigenvalue weighted by Gasteiger charge is -2.17. The van der Waals surface area contributed by atoms with E-state index < -0.39 is 0 Å². The van der Waals surface area contributed by atoms with E-state index >= 15 is 0 Å². The van der Waals surface area contributed by atoms with Crippen LogP contribution in [0.1, 0.15) is 44.2 Å². The van der Waals surface area contributed by atoms with Gasteiger partial charge in [-0.15, -0.1) is 0 Å². The largest absolute Gasteiger partial charge is 0.312 e. The molecule has 3 nitrogen and oxygen atoms in total. The third-order valence-electron chi connectivity index (χ3n) is 3.89. The van der Waals surface area contributed by atoms with Crippen LogP contribution in [0.15, 0.2) is 23.0 Å². The summed E-state index contributed by atoms with van der Waals surface area (Å²) in [5.74, 6) is 0. The van der Waals surface area contributed by atoms with Crippen molar-refractivity contribution in [1.82, 2.24) is 9.88 Å². The van der Waals surface area contributed by atoms with Crippen LogP contribution in [-0.2, 0) is 6.54 Å². The van der Waals surface area contributed by atoms with Gasteiger partial charge in [0.15, 0.2) is 0 Å². The van der Waals surface area contributed by atoms with Crippen molar-refractivity contribution in [2.75, 3.05) is 6.54 Å². The van der Waals surface area contributed by atoms with Crippen molar-refractivity contribution in [2.45, 2.75) is 58.0 Å². The summed E-state index contributed by atoms with van der Waals surface area (Å²) in [6.45, 7) is 3.67. The first-order chi connectivity index (χ1) is 8.77. The van der Waals surface area contributed by atoms with Crippen molar-refractivity contribution >= 4 is 0 Å². The quantitative estimate of drug-likeness (QED) is 0.831. The van der Waals surface area contributed by atoms with Gasteiger partial charge in [0, 0.05) is 30.9 Å². The third-order valence-corrected chi connectivity index (χ3v) is 3.89. The SMILES string of the molecule is Cc1cccc(=O)n1CCNC1CCCCCC1.